The lowest BCUT2D eigenvalue weighted by Gasteiger charge is -2.10. The number of rotatable bonds is 3. The van der Waals surface area contributed by atoms with Crippen molar-refractivity contribution >= 4 is 54.8 Å². The molecule has 0 bridgehead atoms. The normalized spacial score (nSPS) is 13.5. The van der Waals surface area contributed by atoms with Crippen molar-refractivity contribution in [3.05, 3.63) is 133 Å². The third kappa shape index (κ3) is 3.42. The average Bonchev–Trinajstić information content (AvgIpc) is 3.69. The summed E-state index contributed by atoms with van der Waals surface area (Å²) < 4.78 is 54.5. The molecule has 3 aromatic heterocycles. The molecular weight excluding hydrogens is 516 g/mol. The van der Waals surface area contributed by atoms with Crippen molar-refractivity contribution in [2.75, 3.05) is 0 Å². The second-order valence-electron chi connectivity index (χ2n) is 10.2. The Balaban J connectivity index is 1.40. The Kier molecular flexibility index (Phi) is 3.93. The maximum Gasteiger partial charge on any atom is 0.180 e. The van der Waals surface area contributed by atoms with E-state index in [-0.39, 0.29) is 29.7 Å². The zero-order valence-electron chi connectivity index (χ0n) is 27.0. The molecule has 0 radical (unpaired) electrons. The molecule has 0 saturated carbocycles. The first kappa shape index (κ1) is 18.6. The molecule has 0 saturated heterocycles. The van der Waals surface area contributed by atoms with Crippen LogP contribution in [0.2, 0.25) is 0 Å². The van der Waals surface area contributed by atoms with E-state index in [0.717, 1.165) is 38.1 Å². The Morgan fingerprint density at radius 2 is 1.26 bits per heavy atom. The molecule has 3 heterocycles. The second kappa shape index (κ2) is 8.88. The van der Waals surface area contributed by atoms with E-state index < -0.39 is 6.04 Å². The van der Waals surface area contributed by atoms with Gasteiger partial charge in [0, 0.05) is 32.7 Å². The highest BCUT2D eigenvalue weighted by Gasteiger charge is 2.22. The molecule has 0 atom stereocenters. The van der Waals surface area contributed by atoms with E-state index in [1.165, 1.54) is 0 Å². The van der Waals surface area contributed by atoms with Crippen molar-refractivity contribution in [1.82, 2.24) is 9.97 Å². The van der Waals surface area contributed by atoms with E-state index >= 15 is 0 Å². The Bertz CT molecular complexity index is 2720. The summed E-state index contributed by atoms with van der Waals surface area (Å²) in [7, 11) is 0. The summed E-state index contributed by atoms with van der Waals surface area (Å²) in [5, 5.41) is 4.21. The van der Waals surface area contributed by atoms with Crippen LogP contribution in [0.5, 0.6) is 0 Å². The van der Waals surface area contributed by atoms with Gasteiger partial charge in [-0.1, -0.05) is 96.9 Å². The molecule has 9 aromatic rings. The Hall–Kier alpha value is -5.74. The first-order chi connectivity index (χ1) is 22.9. The van der Waals surface area contributed by atoms with Crippen molar-refractivity contribution < 1.29 is 15.7 Å². The lowest BCUT2D eigenvalue weighted by atomic mass is 9.96. The summed E-state index contributed by atoms with van der Waals surface area (Å²) in [6.45, 7) is 0. The van der Waals surface area contributed by atoms with E-state index in [1.807, 2.05) is 97.1 Å². The van der Waals surface area contributed by atoms with E-state index in [0.29, 0.717) is 44.9 Å². The summed E-state index contributed by atoms with van der Waals surface area (Å²) >= 11 is 0. The van der Waals surface area contributed by atoms with Crippen molar-refractivity contribution in [2.24, 2.45) is 0 Å². The zero-order chi connectivity index (χ0) is 32.0. The highest BCUT2D eigenvalue weighted by Crippen LogP contribution is 2.43. The van der Waals surface area contributed by atoms with Crippen molar-refractivity contribution in [3.63, 3.8) is 0 Å². The molecular formula is C38H22N2O2. The molecule has 0 aliphatic rings. The number of para-hydroxylation sites is 2. The predicted octanol–water partition coefficient (Wildman–Crippen LogP) is 10.4. The molecule has 0 unspecified atom stereocenters. The van der Waals surface area contributed by atoms with E-state index in [2.05, 4.69) is 0 Å². The predicted molar refractivity (Wildman–Crippen MR) is 170 cm³/mol. The van der Waals surface area contributed by atoms with Crippen molar-refractivity contribution in [1.29, 1.82) is 0 Å². The lowest BCUT2D eigenvalue weighted by molar-refractivity contribution is 0.667. The van der Waals surface area contributed by atoms with Crippen LogP contribution in [0.3, 0.4) is 0 Å². The summed E-state index contributed by atoms with van der Waals surface area (Å²) in [5.41, 5.74) is 6.28. The van der Waals surface area contributed by atoms with Crippen molar-refractivity contribution in [3.8, 4) is 33.8 Å². The Morgan fingerprint density at radius 3 is 2.10 bits per heavy atom. The fraction of sp³-hybridized carbons (Fsp3) is 0. The largest absolute Gasteiger partial charge is 0.455 e. The fourth-order valence-electron chi connectivity index (χ4n) is 5.85. The maximum absolute atomic E-state index is 8.57. The summed E-state index contributed by atoms with van der Waals surface area (Å²) in [4.78, 5) is 10.3. The Labute approximate surface area is 247 Å². The number of hydrogen-bond donors (Lipinski definition) is 0. The van der Waals surface area contributed by atoms with Gasteiger partial charge < -0.3 is 8.83 Å². The number of benzene rings is 6. The van der Waals surface area contributed by atoms with E-state index in [9.17, 15) is 0 Å². The minimum atomic E-state index is -0.427. The molecule has 196 valence electrons. The molecule has 0 spiro atoms. The number of aromatic nitrogens is 2. The van der Waals surface area contributed by atoms with E-state index in [4.69, 9.17) is 25.7 Å². The molecule has 4 nitrogen and oxygen atoms in total. The third-order valence-corrected chi connectivity index (χ3v) is 7.76. The number of furan rings is 2. The number of nitrogens with zero attached hydrogens (tertiary/aromatic N) is 2. The van der Waals surface area contributed by atoms with Gasteiger partial charge >= 0.3 is 0 Å². The van der Waals surface area contributed by atoms with Crippen LogP contribution in [0, 0.1) is 0 Å². The van der Waals surface area contributed by atoms with Gasteiger partial charge in [-0.05, 0) is 52.9 Å². The highest BCUT2D eigenvalue weighted by atomic mass is 16.3. The molecule has 0 N–H and O–H groups in total. The number of hydrogen-bond acceptors (Lipinski definition) is 4. The van der Waals surface area contributed by atoms with Gasteiger partial charge in [-0.3, -0.25) is 0 Å². The van der Waals surface area contributed by atoms with Crippen LogP contribution in [0.4, 0.5) is 0 Å². The molecule has 4 heteroatoms. The maximum atomic E-state index is 8.57. The van der Waals surface area contributed by atoms with Crippen LogP contribution in [-0.4, -0.2) is 9.97 Å². The SMILES string of the molecule is [2H]c1c([2H])c([2H])c(-c2ccc3c(c2)cc(-c2nc(-c4ccccc4)c4oc5ccccc5c4n2)c2c4ccccc4oc32)c([2H])c1[2H]. The lowest BCUT2D eigenvalue weighted by Crippen LogP contribution is -1.95. The van der Waals surface area contributed by atoms with E-state index in [1.54, 1.807) is 6.07 Å². The van der Waals surface area contributed by atoms with Crippen LogP contribution >= 0.6 is 0 Å². The van der Waals surface area contributed by atoms with Crippen LogP contribution in [0.1, 0.15) is 6.85 Å². The molecule has 0 aliphatic heterocycles. The highest BCUT2D eigenvalue weighted by molar-refractivity contribution is 6.21. The van der Waals surface area contributed by atoms with Gasteiger partial charge in [0.05, 0.1) is 6.85 Å². The second-order valence-corrected chi connectivity index (χ2v) is 10.2. The van der Waals surface area contributed by atoms with Crippen LogP contribution < -0.4 is 0 Å². The monoisotopic (exact) mass is 543 g/mol. The third-order valence-electron chi connectivity index (χ3n) is 7.76. The van der Waals surface area contributed by atoms with Crippen LogP contribution in [0.25, 0.3) is 88.6 Å². The topological polar surface area (TPSA) is 52.1 Å². The molecule has 42 heavy (non-hydrogen) atoms. The molecule has 0 fully saturated rings. The summed E-state index contributed by atoms with van der Waals surface area (Å²) in [6.07, 6.45) is 0. The minimum absolute atomic E-state index is 0.137. The minimum Gasteiger partial charge on any atom is -0.455 e. The number of fused-ring (bicyclic) bond motifs is 8. The van der Waals surface area contributed by atoms with Gasteiger partial charge in [0.15, 0.2) is 11.4 Å². The first-order valence-corrected chi connectivity index (χ1v) is 13.6. The molecule has 0 aliphatic carbocycles. The van der Waals surface area contributed by atoms with Gasteiger partial charge in [-0.25, -0.2) is 9.97 Å². The first-order valence-electron chi connectivity index (χ1n) is 16.1. The van der Waals surface area contributed by atoms with Gasteiger partial charge in [0.2, 0.25) is 0 Å². The van der Waals surface area contributed by atoms with Gasteiger partial charge in [0.1, 0.15) is 28.0 Å². The Morgan fingerprint density at radius 1 is 0.548 bits per heavy atom. The average molecular weight is 544 g/mol. The van der Waals surface area contributed by atoms with Gasteiger partial charge in [-0.15, -0.1) is 0 Å². The van der Waals surface area contributed by atoms with Gasteiger partial charge in [-0.2, -0.15) is 0 Å². The summed E-state index contributed by atoms with van der Waals surface area (Å²) in [5.74, 6) is 0.481. The fourth-order valence-corrected chi connectivity index (χ4v) is 5.85. The van der Waals surface area contributed by atoms with Crippen LogP contribution in [0.15, 0.2) is 142 Å². The smallest absolute Gasteiger partial charge is 0.180 e. The standard InChI is InChI=1S/C38H22N2O2/c1-3-11-23(12-4-1)25-19-20-27-26(21-25)22-30(33-28-15-7-9-17-31(28)41-36(27)33)38-39-34(24-13-5-2-6-14-24)37-35(40-38)29-16-8-10-18-32(29)42-37/h1-22H/i1D,3D,4D,11D,12D. The molecule has 0 amide bonds. The quantitative estimate of drug-likeness (QED) is 0.222. The zero-order valence-corrected chi connectivity index (χ0v) is 22.0. The van der Waals surface area contributed by atoms with Gasteiger partial charge in [0.25, 0.3) is 0 Å². The molecule has 9 rings (SSSR count). The molecule has 6 aromatic carbocycles. The summed E-state index contributed by atoms with van der Waals surface area (Å²) in [6, 6.07) is 31.3. The van der Waals surface area contributed by atoms with Crippen LogP contribution in [-0.2, 0) is 0 Å². The van der Waals surface area contributed by atoms with Crippen molar-refractivity contribution in [2.45, 2.75) is 0 Å².